The van der Waals surface area contributed by atoms with Gasteiger partial charge in [-0.15, -0.1) is 5.11 Å². The molecule has 0 aromatic carbocycles. The van der Waals surface area contributed by atoms with Crippen LogP contribution in [-0.2, 0) is 10.0 Å². The van der Waals surface area contributed by atoms with Crippen LogP contribution in [0.3, 0.4) is 0 Å². The zero-order chi connectivity index (χ0) is 7.90. The molecule has 0 N–H and O–H groups in total. The van der Waals surface area contributed by atoms with Gasteiger partial charge in [-0.25, -0.2) is 9.97 Å². The minimum absolute atomic E-state index is 0.118. The topological polar surface area (TPSA) is 84.6 Å². The summed E-state index contributed by atoms with van der Waals surface area (Å²) in [4.78, 5) is 7.12. The van der Waals surface area contributed by atoms with Crippen LogP contribution >= 0.6 is 0 Å². The van der Waals surface area contributed by atoms with Crippen molar-refractivity contribution in [1.82, 2.24) is 9.97 Å². The van der Waals surface area contributed by atoms with Crippen molar-refractivity contribution in [3.05, 3.63) is 12.5 Å². The summed E-state index contributed by atoms with van der Waals surface area (Å²) in [5.41, 5.74) is 0.201. The Labute approximate surface area is 62.1 Å². The van der Waals surface area contributed by atoms with E-state index in [1.54, 1.807) is 0 Å². The summed E-state index contributed by atoms with van der Waals surface area (Å²) in [6.45, 7) is 0. The predicted molar refractivity (Wildman–Crippen MR) is 33.7 cm³/mol. The number of fused-ring (bicyclic) bond motifs is 1. The maximum Gasteiger partial charge on any atom is 0.319 e. The molecule has 7 heteroatoms. The van der Waals surface area contributed by atoms with Crippen LogP contribution in [0.5, 0.6) is 0 Å². The normalized spacial score (nSPS) is 18.2. The van der Waals surface area contributed by atoms with Gasteiger partial charge in [-0.3, -0.25) is 0 Å². The summed E-state index contributed by atoms with van der Waals surface area (Å²) >= 11 is 0. The highest BCUT2D eigenvalue weighted by Gasteiger charge is 2.25. The van der Waals surface area contributed by atoms with E-state index >= 15 is 0 Å². The van der Waals surface area contributed by atoms with Crippen LogP contribution in [0.1, 0.15) is 0 Å². The first-order valence-electron chi connectivity index (χ1n) is 2.68. The molecule has 0 fully saturated rings. The lowest BCUT2D eigenvalue weighted by atomic mass is 10.6. The van der Waals surface area contributed by atoms with Gasteiger partial charge < -0.3 is 0 Å². The van der Waals surface area contributed by atoms with Crippen molar-refractivity contribution in [3.8, 4) is 0 Å². The van der Waals surface area contributed by atoms with E-state index in [-0.39, 0.29) is 10.7 Å². The van der Waals surface area contributed by atoms with Crippen LogP contribution in [0, 0.1) is 0 Å². The molecule has 0 amide bonds. The molecule has 0 spiro atoms. The lowest BCUT2D eigenvalue weighted by molar-refractivity contribution is 0.595. The highest BCUT2D eigenvalue weighted by atomic mass is 32.2. The number of hydrogen-bond acceptors (Lipinski definition) is 5. The molecular formula is C4H2N4O2S. The maximum absolute atomic E-state index is 10.9. The molecule has 0 aliphatic carbocycles. The smallest absolute Gasteiger partial charge is 0.242 e. The molecule has 1 aromatic heterocycles. The van der Waals surface area contributed by atoms with Gasteiger partial charge in [0, 0.05) is 0 Å². The van der Waals surface area contributed by atoms with E-state index < -0.39 is 10.0 Å². The second kappa shape index (κ2) is 1.82. The van der Waals surface area contributed by atoms with E-state index in [9.17, 15) is 8.42 Å². The minimum atomic E-state index is -3.60. The largest absolute Gasteiger partial charge is 0.319 e. The summed E-state index contributed by atoms with van der Waals surface area (Å²) in [5.74, 6) is 0. The van der Waals surface area contributed by atoms with E-state index in [2.05, 4.69) is 19.6 Å². The Morgan fingerprint density at radius 2 is 2.18 bits per heavy atom. The van der Waals surface area contributed by atoms with Gasteiger partial charge in [0.05, 0.1) is 6.20 Å². The zero-order valence-electron chi connectivity index (χ0n) is 5.17. The molecule has 11 heavy (non-hydrogen) atoms. The Balaban J connectivity index is 2.84. The van der Waals surface area contributed by atoms with Gasteiger partial charge in [0.1, 0.15) is 12.0 Å². The molecule has 0 radical (unpaired) electrons. The summed E-state index contributed by atoms with van der Waals surface area (Å²) < 4.78 is 24.8. The fourth-order valence-electron chi connectivity index (χ4n) is 0.715. The summed E-state index contributed by atoms with van der Waals surface area (Å²) in [7, 11) is -3.60. The van der Waals surface area contributed by atoms with Gasteiger partial charge in [-0.2, -0.15) is 8.42 Å². The highest BCUT2D eigenvalue weighted by molar-refractivity contribution is 7.90. The third kappa shape index (κ3) is 0.811. The molecular weight excluding hydrogens is 168 g/mol. The molecule has 1 aromatic rings. The molecule has 0 bridgehead atoms. The van der Waals surface area contributed by atoms with Crippen LogP contribution in [0.25, 0.3) is 0 Å². The SMILES string of the molecule is O=S1(=O)N=Nc2cncnc21. The maximum atomic E-state index is 10.9. The van der Waals surface area contributed by atoms with E-state index in [4.69, 9.17) is 0 Å². The fourth-order valence-corrected chi connectivity index (χ4v) is 1.53. The summed E-state index contributed by atoms with van der Waals surface area (Å²) in [6, 6.07) is 0. The molecule has 0 saturated carbocycles. The van der Waals surface area contributed by atoms with E-state index in [1.165, 1.54) is 6.20 Å². The average Bonchev–Trinajstić information content (AvgIpc) is 2.29. The number of aromatic nitrogens is 2. The molecule has 2 heterocycles. The number of hydrogen-bond donors (Lipinski definition) is 0. The van der Waals surface area contributed by atoms with E-state index in [0.717, 1.165) is 6.33 Å². The molecule has 1 aliphatic rings. The molecule has 0 saturated heterocycles. The van der Waals surface area contributed by atoms with Crippen molar-refractivity contribution in [3.63, 3.8) is 0 Å². The Hall–Kier alpha value is -1.37. The van der Waals surface area contributed by atoms with Crippen molar-refractivity contribution >= 4 is 15.7 Å². The van der Waals surface area contributed by atoms with Gasteiger partial charge in [0.15, 0.2) is 0 Å². The highest BCUT2D eigenvalue weighted by Crippen LogP contribution is 2.28. The molecule has 0 unspecified atom stereocenters. The number of rotatable bonds is 0. The van der Waals surface area contributed by atoms with E-state index in [1.807, 2.05) is 0 Å². The van der Waals surface area contributed by atoms with Gasteiger partial charge in [-0.05, 0) is 0 Å². The second-order valence-electron chi connectivity index (χ2n) is 1.87. The second-order valence-corrected chi connectivity index (χ2v) is 3.37. The molecule has 6 nitrogen and oxygen atoms in total. The van der Waals surface area contributed by atoms with Crippen LogP contribution in [0.4, 0.5) is 5.69 Å². The van der Waals surface area contributed by atoms with Crippen molar-refractivity contribution in [2.24, 2.45) is 9.63 Å². The predicted octanol–water partition coefficient (Wildman–Crippen LogP) is 0.263. The summed E-state index contributed by atoms with van der Waals surface area (Å²) in [5, 5.41) is 3.25. The molecule has 0 atom stereocenters. The van der Waals surface area contributed by atoms with Crippen molar-refractivity contribution in [2.75, 3.05) is 0 Å². The quantitative estimate of drug-likeness (QED) is 0.523. The monoisotopic (exact) mass is 170 g/mol. The third-order valence-corrected chi connectivity index (χ3v) is 2.26. The Morgan fingerprint density at radius 1 is 1.36 bits per heavy atom. The first-order valence-corrected chi connectivity index (χ1v) is 4.12. The van der Waals surface area contributed by atoms with Crippen LogP contribution in [0.15, 0.2) is 27.2 Å². The van der Waals surface area contributed by atoms with Crippen LogP contribution in [-0.4, -0.2) is 18.4 Å². The lowest BCUT2D eigenvalue weighted by Gasteiger charge is -1.88. The fraction of sp³-hybridized carbons (Fsp3) is 0. The third-order valence-electron chi connectivity index (χ3n) is 1.16. The number of sulfonamides is 1. The Kier molecular flexibility index (Phi) is 1.05. The van der Waals surface area contributed by atoms with Crippen molar-refractivity contribution in [2.45, 2.75) is 5.03 Å². The van der Waals surface area contributed by atoms with Crippen molar-refractivity contribution in [1.29, 1.82) is 0 Å². The Morgan fingerprint density at radius 3 is 2.91 bits per heavy atom. The Bertz CT molecular complexity index is 423. The molecule has 56 valence electrons. The lowest BCUT2D eigenvalue weighted by Crippen LogP contribution is -1.94. The van der Waals surface area contributed by atoms with Gasteiger partial charge in [-0.1, -0.05) is 4.52 Å². The summed E-state index contributed by atoms with van der Waals surface area (Å²) in [6.07, 6.45) is 2.45. The first-order chi connectivity index (χ1) is 5.20. The van der Waals surface area contributed by atoms with Gasteiger partial charge in [0.25, 0.3) is 0 Å². The van der Waals surface area contributed by atoms with Crippen LogP contribution in [0.2, 0.25) is 0 Å². The molecule has 2 rings (SSSR count). The number of nitrogens with zero attached hydrogens (tertiary/aromatic N) is 4. The zero-order valence-corrected chi connectivity index (χ0v) is 5.98. The first kappa shape index (κ1) is 6.35. The van der Waals surface area contributed by atoms with Crippen LogP contribution < -0.4 is 0 Å². The minimum Gasteiger partial charge on any atom is -0.242 e. The van der Waals surface area contributed by atoms with Gasteiger partial charge in [0.2, 0.25) is 5.03 Å². The standard InChI is InChI=1S/C4H2N4O2S/c9-11(10)4-3(7-8-11)1-5-2-6-4/h1-2H. The van der Waals surface area contributed by atoms with Gasteiger partial charge >= 0.3 is 10.0 Å². The van der Waals surface area contributed by atoms with Crippen molar-refractivity contribution < 1.29 is 8.42 Å². The molecule has 1 aliphatic heterocycles. The average molecular weight is 170 g/mol. The van der Waals surface area contributed by atoms with E-state index in [0.29, 0.717) is 0 Å².